The molecule has 0 spiro atoms. The Morgan fingerprint density at radius 3 is 2.49 bits per heavy atom. The van der Waals surface area contributed by atoms with E-state index in [2.05, 4.69) is 15.0 Å². The fourth-order valence-corrected chi connectivity index (χ4v) is 4.58. The monoisotopic (exact) mass is 497 g/mol. The zero-order chi connectivity index (χ0) is 25.5. The van der Waals surface area contributed by atoms with Crippen molar-refractivity contribution >= 4 is 39.6 Å². The molecule has 5 aromatic rings. The van der Waals surface area contributed by atoms with E-state index >= 15 is 0 Å². The summed E-state index contributed by atoms with van der Waals surface area (Å²) in [4.78, 5) is 41.5. The topological polar surface area (TPSA) is 115 Å². The van der Waals surface area contributed by atoms with Crippen LogP contribution in [0.15, 0.2) is 63.9 Å². The van der Waals surface area contributed by atoms with Gasteiger partial charge in [-0.15, -0.1) is 0 Å². The highest BCUT2D eigenvalue weighted by Crippen LogP contribution is 2.40. The molecule has 3 aromatic heterocycles. The molecule has 1 saturated heterocycles. The average Bonchev–Trinajstić information content (AvgIpc) is 3.58. The first-order valence-corrected chi connectivity index (χ1v) is 11.8. The number of Topliss-reactive ketones (excluding diaryl/α,β-unsaturated/α-hetero) is 1. The van der Waals surface area contributed by atoms with Crippen LogP contribution in [-0.2, 0) is 0 Å². The standard InChI is InChI=1S/C27H23N5O5/c1-16(33)17-13-28-27(29-14-17)32-11-9-31(10-12-32)26(34)20-15-36-25(30-20)19-7-8-22(35-2)24-23(19)18-5-3-4-6-21(18)37-24/h3-8,13-15H,9-12H2,1-2H3. The molecule has 0 bridgehead atoms. The maximum Gasteiger partial charge on any atom is 0.275 e. The molecule has 1 aliphatic rings. The summed E-state index contributed by atoms with van der Waals surface area (Å²) in [7, 11) is 1.59. The van der Waals surface area contributed by atoms with Crippen LogP contribution in [0.25, 0.3) is 33.4 Å². The van der Waals surface area contributed by atoms with Gasteiger partial charge in [0.05, 0.1) is 12.7 Å². The summed E-state index contributed by atoms with van der Waals surface area (Å²) < 4.78 is 17.3. The number of nitrogens with zero attached hydrogens (tertiary/aromatic N) is 5. The number of oxazole rings is 1. The Morgan fingerprint density at radius 1 is 1.00 bits per heavy atom. The number of methoxy groups -OCH3 is 1. The number of furan rings is 1. The van der Waals surface area contributed by atoms with E-state index in [0.29, 0.717) is 54.9 Å². The van der Waals surface area contributed by atoms with E-state index in [9.17, 15) is 9.59 Å². The number of para-hydroxylation sites is 1. The molecule has 6 rings (SSSR count). The highest BCUT2D eigenvalue weighted by molar-refractivity contribution is 6.13. The van der Waals surface area contributed by atoms with Crippen molar-refractivity contribution in [2.75, 3.05) is 38.2 Å². The first-order valence-electron chi connectivity index (χ1n) is 11.8. The zero-order valence-electron chi connectivity index (χ0n) is 20.3. The maximum atomic E-state index is 13.2. The Bertz CT molecular complexity index is 1630. The van der Waals surface area contributed by atoms with Crippen LogP contribution < -0.4 is 9.64 Å². The van der Waals surface area contributed by atoms with Crippen LogP contribution >= 0.6 is 0 Å². The summed E-state index contributed by atoms with van der Waals surface area (Å²) in [6, 6.07) is 11.4. The Labute approximate surface area is 211 Å². The molecule has 186 valence electrons. The number of anilines is 1. The second kappa shape index (κ2) is 9.05. The summed E-state index contributed by atoms with van der Waals surface area (Å²) >= 11 is 0. The van der Waals surface area contributed by atoms with Crippen molar-refractivity contribution in [3.63, 3.8) is 0 Å². The molecule has 0 unspecified atom stereocenters. The number of carbonyl (C=O) groups is 2. The molecule has 1 fully saturated rings. The number of aromatic nitrogens is 3. The maximum absolute atomic E-state index is 13.2. The van der Waals surface area contributed by atoms with Gasteiger partial charge in [-0.2, -0.15) is 0 Å². The predicted molar refractivity (Wildman–Crippen MR) is 136 cm³/mol. The Hall–Kier alpha value is -4.73. The van der Waals surface area contributed by atoms with Crippen molar-refractivity contribution in [3.8, 4) is 17.2 Å². The molecular formula is C27H23N5O5. The van der Waals surface area contributed by atoms with Crippen LogP contribution in [0.2, 0.25) is 0 Å². The van der Waals surface area contributed by atoms with Crippen molar-refractivity contribution in [1.82, 2.24) is 19.9 Å². The lowest BCUT2D eigenvalue weighted by molar-refractivity contribution is 0.0740. The van der Waals surface area contributed by atoms with Gasteiger partial charge in [0.15, 0.2) is 22.8 Å². The summed E-state index contributed by atoms with van der Waals surface area (Å²) in [5.41, 5.74) is 2.75. The quantitative estimate of drug-likeness (QED) is 0.329. The summed E-state index contributed by atoms with van der Waals surface area (Å²) in [6.07, 6.45) is 4.45. The SMILES string of the molecule is COc1ccc(-c2nc(C(=O)N3CCN(c4ncc(C(C)=O)cn4)CC3)co2)c2c1oc1ccccc12. The fourth-order valence-electron chi connectivity index (χ4n) is 4.58. The number of ketones is 1. The van der Waals surface area contributed by atoms with Gasteiger partial charge < -0.3 is 23.4 Å². The van der Waals surface area contributed by atoms with Gasteiger partial charge in [-0.3, -0.25) is 9.59 Å². The average molecular weight is 498 g/mol. The third-order valence-corrected chi connectivity index (χ3v) is 6.56. The van der Waals surface area contributed by atoms with Gasteiger partial charge in [0, 0.05) is 54.9 Å². The molecule has 37 heavy (non-hydrogen) atoms. The molecule has 4 heterocycles. The lowest BCUT2D eigenvalue weighted by atomic mass is 10.1. The Morgan fingerprint density at radius 2 is 1.76 bits per heavy atom. The van der Waals surface area contributed by atoms with Crippen LogP contribution in [0.1, 0.15) is 27.8 Å². The van der Waals surface area contributed by atoms with Crippen LogP contribution in [0.5, 0.6) is 5.75 Å². The molecule has 1 aliphatic heterocycles. The van der Waals surface area contributed by atoms with Gasteiger partial charge in [0.2, 0.25) is 11.8 Å². The van der Waals surface area contributed by atoms with Crippen molar-refractivity contribution in [2.24, 2.45) is 0 Å². The van der Waals surface area contributed by atoms with E-state index in [1.807, 2.05) is 35.2 Å². The zero-order valence-corrected chi connectivity index (χ0v) is 20.3. The molecule has 1 amide bonds. The minimum absolute atomic E-state index is 0.0784. The second-order valence-electron chi connectivity index (χ2n) is 8.76. The predicted octanol–water partition coefficient (Wildman–Crippen LogP) is 4.20. The summed E-state index contributed by atoms with van der Waals surface area (Å²) in [5, 5.41) is 1.73. The largest absolute Gasteiger partial charge is 0.493 e. The highest BCUT2D eigenvalue weighted by Gasteiger charge is 2.27. The van der Waals surface area contributed by atoms with Crippen LogP contribution in [0.4, 0.5) is 5.95 Å². The number of amides is 1. The molecule has 0 atom stereocenters. The number of hydrogen-bond acceptors (Lipinski definition) is 9. The minimum Gasteiger partial charge on any atom is -0.493 e. The molecule has 0 saturated carbocycles. The van der Waals surface area contributed by atoms with E-state index in [-0.39, 0.29) is 17.4 Å². The van der Waals surface area contributed by atoms with Crippen LogP contribution in [-0.4, -0.2) is 64.8 Å². The molecule has 0 N–H and O–H groups in total. The summed E-state index contributed by atoms with van der Waals surface area (Å²) in [5.74, 6) is 1.20. The fraction of sp³-hybridized carbons (Fsp3) is 0.222. The first kappa shape index (κ1) is 22.7. The Balaban J connectivity index is 1.22. The smallest absolute Gasteiger partial charge is 0.275 e. The van der Waals surface area contributed by atoms with Gasteiger partial charge in [-0.25, -0.2) is 15.0 Å². The van der Waals surface area contributed by atoms with E-state index in [0.717, 1.165) is 21.9 Å². The number of fused-ring (bicyclic) bond motifs is 3. The third kappa shape index (κ3) is 3.96. The first-order chi connectivity index (χ1) is 18.0. The van der Waals surface area contributed by atoms with Gasteiger partial charge in [-0.1, -0.05) is 18.2 Å². The van der Waals surface area contributed by atoms with E-state index in [4.69, 9.17) is 13.6 Å². The normalized spacial score (nSPS) is 13.9. The van der Waals surface area contributed by atoms with Gasteiger partial charge in [-0.05, 0) is 25.1 Å². The van der Waals surface area contributed by atoms with Crippen molar-refractivity contribution < 1.29 is 23.2 Å². The van der Waals surface area contributed by atoms with Crippen molar-refractivity contribution in [2.45, 2.75) is 6.92 Å². The van der Waals surface area contributed by atoms with E-state index in [1.165, 1.54) is 25.6 Å². The molecule has 0 aliphatic carbocycles. The molecule has 10 heteroatoms. The number of ether oxygens (including phenoxy) is 1. The minimum atomic E-state index is -0.204. The number of carbonyl (C=O) groups excluding carboxylic acids is 2. The third-order valence-electron chi connectivity index (χ3n) is 6.56. The highest BCUT2D eigenvalue weighted by atomic mass is 16.5. The van der Waals surface area contributed by atoms with Gasteiger partial charge in [0.1, 0.15) is 11.8 Å². The van der Waals surface area contributed by atoms with Gasteiger partial charge in [0.25, 0.3) is 5.91 Å². The molecular weight excluding hydrogens is 474 g/mol. The lowest BCUT2D eigenvalue weighted by Gasteiger charge is -2.34. The summed E-state index contributed by atoms with van der Waals surface area (Å²) in [6.45, 7) is 3.58. The molecule has 10 nitrogen and oxygen atoms in total. The lowest BCUT2D eigenvalue weighted by Crippen LogP contribution is -2.49. The number of piperazine rings is 1. The molecule has 0 radical (unpaired) electrons. The Kier molecular flexibility index (Phi) is 5.56. The number of benzene rings is 2. The second-order valence-corrected chi connectivity index (χ2v) is 8.76. The number of hydrogen-bond donors (Lipinski definition) is 0. The van der Waals surface area contributed by atoms with Crippen molar-refractivity contribution in [1.29, 1.82) is 0 Å². The van der Waals surface area contributed by atoms with Gasteiger partial charge >= 0.3 is 0 Å². The van der Waals surface area contributed by atoms with Crippen LogP contribution in [0, 0.1) is 0 Å². The van der Waals surface area contributed by atoms with Crippen molar-refractivity contribution in [3.05, 3.63) is 66.3 Å². The molecule has 2 aromatic carbocycles. The van der Waals surface area contributed by atoms with Crippen LogP contribution in [0.3, 0.4) is 0 Å². The van der Waals surface area contributed by atoms with E-state index < -0.39 is 0 Å². The van der Waals surface area contributed by atoms with E-state index in [1.54, 1.807) is 18.1 Å². The number of rotatable bonds is 5.